The molecule has 0 aromatic carbocycles. The topological polar surface area (TPSA) is 89.3 Å². The summed E-state index contributed by atoms with van der Waals surface area (Å²) in [5, 5.41) is 0. The molecular formula is C21H27N7O2. The molecule has 1 saturated heterocycles. The molecule has 0 atom stereocenters. The van der Waals surface area contributed by atoms with E-state index >= 15 is 0 Å². The molecule has 0 bridgehead atoms. The van der Waals surface area contributed by atoms with Crippen LogP contribution >= 0.6 is 0 Å². The Morgan fingerprint density at radius 3 is 2.60 bits per heavy atom. The van der Waals surface area contributed by atoms with Crippen LogP contribution in [0.3, 0.4) is 0 Å². The third kappa shape index (κ3) is 4.56. The van der Waals surface area contributed by atoms with E-state index in [2.05, 4.69) is 24.4 Å². The van der Waals surface area contributed by atoms with Gasteiger partial charge in [-0.2, -0.15) is 0 Å². The zero-order valence-corrected chi connectivity index (χ0v) is 17.3. The summed E-state index contributed by atoms with van der Waals surface area (Å²) in [5.74, 6) is 1.88. The molecule has 0 aliphatic carbocycles. The van der Waals surface area contributed by atoms with Crippen molar-refractivity contribution >= 4 is 23.0 Å². The van der Waals surface area contributed by atoms with Crippen molar-refractivity contribution in [1.29, 1.82) is 0 Å². The van der Waals surface area contributed by atoms with Crippen molar-refractivity contribution < 1.29 is 9.53 Å². The molecule has 4 rings (SSSR count). The van der Waals surface area contributed by atoms with Crippen LogP contribution in [0.25, 0.3) is 11.2 Å². The first-order valence-corrected chi connectivity index (χ1v) is 10.3. The lowest BCUT2D eigenvalue weighted by molar-refractivity contribution is -0.131. The summed E-state index contributed by atoms with van der Waals surface area (Å²) in [4.78, 5) is 34.5. The minimum atomic E-state index is 0.196. The van der Waals surface area contributed by atoms with Crippen LogP contribution in [-0.4, -0.2) is 75.2 Å². The number of ether oxygens (including phenoxy) is 1. The van der Waals surface area contributed by atoms with Crippen molar-refractivity contribution in [3.05, 3.63) is 42.6 Å². The first-order valence-electron chi connectivity index (χ1n) is 10.3. The Bertz CT molecular complexity index is 968. The number of anilines is 1. The zero-order valence-electron chi connectivity index (χ0n) is 17.3. The Balaban J connectivity index is 1.30. The van der Waals surface area contributed by atoms with Crippen LogP contribution < -0.4 is 4.90 Å². The molecule has 1 aliphatic heterocycles. The maximum absolute atomic E-state index is 12.7. The van der Waals surface area contributed by atoms with Crippen molar-refractivity contribution in [2.45, 2.75) is 25.8 Å². The van der Waals surface area contributed by atoms with Gasteiger partial charge in [0.2, 0.25) is 11.9 Å². The molecule has 0 spiro atoms. The van der Waals surface area contributed by atoms with Crippen LogP contribution in [0.1, 0.15) is 18.7 Å². The standard InChI is InChI=1S/C21H27N7O2/c1-30-16-15-28-18(25-17-5-3-8-22-20(17)28)6-2-7-19(29)26-11-13-27(14-12-26)21-23-9-4-10-24-21/h3-5,8-10H,2,6-7,11-16H2,1H3. The number of carbonyl (C=O) groups excluding carboxylic acids is 1. The number of imidazole rings is 1. The number of hydrogen-bond acceptors (Lipinski definition) is 7. The molecule has 0 unspecified atom stereocenters. The molecule has 1 aliphatic rings. The summed E-state index contributed by atoms with van der Waals surface area (Å²) in [6.07, 6.45) is 7.29. The fourth-order valence-electron chi connectivity index (χ4n) is 3.78. The number of carbonyl (C=O) groups is 1. The van der Waals surface area contributed by atoms with E-state index < -0.39 is 0 Å². The zero-order chi connectivity index (χ0) is 20.8. The van der Waals surface area contributed by atoms with Gasteiger partial charge >= 0.3 is 0 Å². The number of rotatable bonds is 8. The number of pyridine rings is 1. The number of aromatic nitrogens is 5. The Labute approximate surface area is 175 Å². The summed E-state index contributed by atoms with van der Waals surface area (Å²) >= 11 is 0. The number of hydrogen-bond donors (Lipinski definition) is 0. The van der Waals surface area contributed by atoms with E-state index in [9.17, 15) is 4.79 Å². The Morgan fingerprint density at radius 2 is 1.83 bits per heavy atom. The minimum absolute atomic E-state index is 0.196. The highest BCUT2D eigenvalue weighted by atomic mass is 16.5. The molecule has 3 aromatic rings. The summed E-state index contributed by atoms with van der Waals surface area (Å²) in [6.45, 7) is 4.23. The van der Waals surface area contributed by atoms with E-state index in [4.69, 9.17) is 9.72 Å². The van der Waals surface area contributed by atoms with E-state index in [1.54, 1.807) is 25.7 Å². The SMILES string of the molecule is COCCn1c(CCCC(=O)N2CCN(c3ncccn3)CC2)nc2cccnc21. The highest BCUT2D eigenvalue weighted by Gasteiger charge is 2.22. The molecule has 1 amide bonds. The van der Waals surface area contributed by atoms with Gasteiger partial charge in [0, 0.05) is 71.3 Å². The number of piperazine rings is 1. The predicted octanol–water partition coefficient (Wildman–Crippen LogP) is 1.54. The molecule has 0 saturated carbocycles. The van der Waals surface area contributed by atoms with E-state index in [1.807, 2.05) is 23.1 Å². The lowest BCUT2D eigenvalue weighted by atomic mass is 10.2. The third-order valence-electron chi connectivity index (χ3n) is 5.36. The fourth-order valence-corrected chi connectivity index (χ4v) is 3.78. The van der Waals surface area contributed by atoms with Crippen LogP contribution in [0.2, 0.25) is 0 Å². The van der Waals surface area contributed by atoms with Gasteiger partial charge in [0.25, 0.3) is 0 Å². The molecule has 4 heterocycles. The predicted molar refractivity (Wildman–Crippen MR) is 113 cm³/mol. The third-order valence-corrected chi connectivity index (χ3v) is 5.36. The smallest absolute Gasteiger partial charge is 0.225 e. The minimum Gasteiger partial charge on any atom is -0.383 e. The van der Waals surface area contributed by atoms with Gasteiger partial charge in [-0.25, -0.2) is 19.9 Å². The molecule has 1 fully saturated rings. The first kappa shape index (κ1) is 20.2. The van der Waals surface area contributed by atoms with Crippen molar-refractivity contribution in [1.82, 2.24) is 29.4 Å². The van der Waals surface area contributed by atoms with Gasteiger partial charge in [-0.3, -0.25) is 4.79 Å². The first-order chi connectivity index (χ1) is 14.8. The van der Waals surface area contributed by atoms with Crippen molar-refractivity contribution in [3.8, 4) is 0 Å². The number of methoxy groups -OCH3 is 1. The average Bonchev–Trinajstić information content (AvgIpc) is 3.15. The van der Waals surface area contributed by atoms with Crippen LogP contribution in [0.5, 0.6) is 0 Å². The number of nitrogens with zero attached hydrogens (tertiary/aromatic N) is 7. The molecule has 9 nitrogen and oxygen atoms in total. The summed E-state index contributed by atoms with van der Waals surface area (Å²) in [5.41, 5.74) is 1.75. The van der Waals surface area contributed by atoms with Gasteiger partial charge in [-0.15, -0.1) is 0 Å². The van der Waals surface area contributed by atoms with Crippen LogP contribution in [0, 0.1) is 0 Å². The van der Waals surface area contributed by atoms with Crippen LogP contribution in [0.15, 0.2) is 36.8 Å². The highest BCUT2D eigenvalue weighted by molar-refractivity contribution is 5.76. The lowest BCUT2D eigenvalue weighted by Crippen LogP contribution is -2.49. The Hall–Kier alpha value is -3.07. The maximum atomic E-state index is 12.7. The second-order valence-corrected chi connectivity index (χ2v) is 7.29. The average molecular weight is 409 g/mol. The van der Waals surface area contributed by atoms with E-state index in [0.29, 0.717) is 32.7 Å². The molecule has 9 heteroatoms. The monoisotopic (exact) mass is 409 g/mol. The normalized spacial score (nSPS) is 14.4. The van der Waals surface area contributed by atoms with E-state index in [0.717, 1.165) is 48.9 Å². The van der Waals surface area contributed by atoms with Crippen molar-refractivity contribution in [2.75, 3.05) is 44.8 Å². The van der Waals surface area contributed by atoms with Gasteiger partial charge in [-0.05, 0) is 24.6 Å². The van der Waals surface area contributed by atoms with Crippen molar-refractivity contribution in [3.63, 3.8) is 0 Å². The molecule has 0 radical (unpaired) electrons. The second-order valence-electron chi connectivity index (χ2n) is 7.29. The second kappa shape index (κ2) is 9.62. The molecular weight excluding hydrogens is 382 g/mol. The molecule has 0 N–H and O–H groups in total. The fraction of sp³-hybridized carbons (Fsp3) is 0.476. The number of aryl methyl sites for hydroxylation is 1. The van der Waals surface area contributed by atoms with Gasteiger partial charge in [0.15, 0.2) is 5.65 Å². The largest absolute Gasteiger partial charge is 0.383 e. The summed E-state index contributed by atoms with van der Waals surface area (Å²) in [6, 6.07) is 5.67. The molecule has 30 heavy (non-hydrogen) atoms. The van der Waals surface area contributed by atoms with Gasteiger partial charge in [0.05, 0.1) is 6.61 Å². The van der Waals surface area contributed by atoms with Crippen LogP contribution in [0.4, 0.5) is 5.95 Å². The molecule has 158 valence electrons. The Kier molecular flexibility index (Phi) is 6.48. The van der Waals surface area contributed by atoms with Gasteiger partial charge < -0.3 is 19.1 Å². The van der Waals surface area contributed by atoms with Gasteiger partial charge in [0.1, 0.15) is 11.3 Å². The quantitative estimate of drug-likeness (QED) is 0.557. The maximum Gasteiger partial charge on any atom is 0.225 e. The van der Waals surface area contributed by atoms with Crippen LogP contribution in [-0.2, 0) is 22.5 Å². The van der Waals surface area contributed by atoms with E-state index in [-0.39, 0.29) is 5.91 Å². The van der Waals surface area contributed by atoms with E-state index in [1.165, 1.54) is 0 Å². The molecule has 3 aromatic heterocycles. The van der Waals surface area contributed by atoms with Gasteiger partial charge in [-0.1, -0.05) is 0 Å². The van der Waals surface area contributed by atoms with Crippen molar-refractivity contribution in [2.24, 2.45) is 0 Å². The highest BCUT2D eigenvalue weighted by Crippen LogP contribution is 2.16. The lowest BCUT2D eigenvalue weighted by Gasteiger charge is -2.34. The number of amides is 1. The number of fused-ring (bicyclic) bond motifs is 1. The Morgan fingerprint density at radius 1 is 1.07 bits per heavy atom. The summed E-state index contributed by atoms with van der Waals surface area (Å²) in [7, 11) is 1.69. The summed E-state index contributed by atoms with van der Waals surface area (Å²) < 4.78 is 7.33.